The molecule has 0 radical (unpaired) electrons. The van der Waals surface area contributed by atoms with E-state index in [1.165, 1.54) is 17.7 Å². The van der Waals surface area contributed by atoms with Crippen molar-refractivity contribution in [1.82, 2.24) is 0 Å². The molecule has 0 atom stereocenters. The molecule has 2 aromatic rings. The molecule has 6 nitrogen and oxygen atoms in total. The number of carbonyl (C=O) groups is 1. The number of hydrogen-bond acceptors (Lipinski definition) is 4. The second kappa shape index (κ2) is 7.79. The van der Waals surface area contributed by atoms with E-state index < -0.39 is 4.92 Å². The van der Waals surface area contributed by atoms with Gasteiger partial charge in [0.15, 0.2) is 0 Å². The summed E-state index contributed by atoms with van der Waals surface area (Å²) in [6.45, 7) is 8.72. The Morgan fingerprint density at radius 3 is 2.44 bits per heavy atom. The van der Waals surface area contributed by atoms with Gasteiger partial charge in [-0.2, -0.15) is 0 Å². The molecule has 1 amide bonds. The molecule has 0 saturated carbocycles. The summed E-state index contributed by atoms with van der Waals surface area (Å²) in [4.78, 5) is 24.9. The van der Waals surface area contributed by atoms with Crippen LogP contribution in [0.4, 0.5) is 17.1 Å². The lowest BCUT2D eigenvalue weighted by molar-refractivity contribution is -0.384. The molecule has 0 fully saturated rings. The molecule has 6 heteroatoms. The third-order valence-corrected chi connectivity index (χ3v) is 4.12. The lowest BCUT2D eigenvalue weighted by Crippen LogP contribution is -2.33. The van der Waals surface area contributed by atoms with Crippen molar-refractivity contribution in [2.45, 2.75) is 27.7 Å². The number of amides is 1. The quantitative estimate of drug-likeness (QED) is 0.637. The fraction of sp³-hybridized carbons (Fsp3) is 0.316. The molecule has 132 valence electrons. The summed E-state index contributed by atoms with van der Waals surface area (Å²) in [6, 6.07) is 10.6. The number of likely N-dealkylation sites (N-methyl/N-ethyl adjacent to an activating group) is 1. The number of nitrogens with one attached hydrogen (secondary N) is 1. The van der Waals surface area contributed by atoms with E-state index in [0.29, 0.717) is 12.2 Å². The number of nitro groups is 1. The molecule has 0 aliphatic rings. The molecule has 0 heterocycles. The zero-order chi connectivity index (χ0) is 18.6. The van der Waals surface area contributed by atoms with Crippen molar-refractivity contribution in [1.29, 1.82) is 0 Å². The number of hydrogen-bond donors (Lipinski definition) is 1. The van der Waals surface area contributed by atoms with Gasteiger partial charge in [0.1, 0.15) is 0 Å². The summed E-state index contributed by atoms with van der Waals surface area (Å²) >= 11 is 0. The number of non-ortho nitro benzene ring substituents is 1. The molecule has 0 aliphatic carbocycles. The van der Waals surface area contributed by atoms with E-state index >= 15 is 0 Å². The first-order valence-electron chi connectivity index (χ1n) is 8.19. The molecule has 0 spiro atoms. The van der Waals surface area contributed by atoms with Gasteiger partial charge in [0.2, 0.25) is 5.91 Å². The molecular formula is C19H23N3O3. The van der Waals surface area contributed by atoms with Gasteiger partial charge in [-0.3, -0.25) is 14.9 Å². The van der Waals surface area contributed by atoms with E-state index in [4.69, 9.17) is 0 Å². The van der Waals surface area contributed by atoms with E-state index in [2.05, 4.69) is 11.4 Å². The Morgan fingerprint density at radius 1 is 1.12 bits per heavy atom. The van der Waals surface area contributed by atoms with Crippen LogP contribution < -0.4 is 10.2 Å². The van der Waals surface area contributed by atoms with E-state index in [-0.39, 0.29) is 18.1 Å². The molecule has 0 saturated heterocycles. The summed E-state index contributed by atoms with van der Waals surface area (Å²) in [7, 11) is 0. The van der Waals surface area contributed by atoms with Gasteiger partial charge >= 0.3 is 0 Å². The van der Waals surface area contributed by atoms with Gasteiger partial charge < -0.3 is 10.2 Å². The van der Waals surface area contributed by atoms with Gasteiger partial charge in [-0.15, -0.1) is 0 Å². The lowest BCUT2D eigenvalue weighted by Gasteiger charge is -2.24. The number of benzene rings is 2. The maximum absolute atomic E-state index is 12.4. The zero-order valence-electron chi connectivity index (χ0n) is 15.0. The molecule has 0 aromatic heterocycles. The van der Waals surface area contributed by atoms with Crippen LogP contribution in [-0.2, 0) is 4.79 Å². The number of nitrogens with zero attached hydrogens (tertiary/aromatic N) is 2. The van der Waals surface area contributed by atoms with Gasteiger partial charge in [-0.05, 0) is 44.9 Å². The third kappa shape index (κ3) is 4.56. The van der Waals surface area contributed by atoms with Crippen LogP contribution in [-0.4, -0.2) is 23.9 Å². The van der Waals surface area contributed by atoms with Crippen LogP contribution >= 0.6 is 0 Å². The topological polar surface area (TPSA) is 75.5 Å². The number of anilines is 2. The molecule has 0 unspecified atom stereocenters. The molecule has 25 heavy (non-hydrogen) atoms. The van der Waals surface area contributed by atoms with Crippen LogP contribution in [0.1, 0.15) is 23.6 Å². The molecule has 0 bridgehead atoms. The highest BCUT2D eigenvalue weighted by Crippen LogP contribution is 2.23. The Labute approximate surface area is 147 Å². The number of rotatable bonds is 6. The minimum atomic E-state index is -0.469. The highest BCUT2D eigenvalue weighted by atomic mass is 16.6. The second-order valence-electron chi connectivity index (χ2n) is 6.11. The summed E-state index contributed by atoms with van der Waals surface area (Å²) < 4.78 is 0. The zero-order valence-corrected chi connectivity index (χ0v) is 15.0. The molecule has 1 N–H and O–H groups in total. The first-order chi connectivity index (χ1) is 11.8. The summed E-state index contributed by atoms with van der Waals surface area (Å²) in [5.41, 5.74) is 4.51. The Morgan fingerprint density at radius 2 is 1.84 bits per heavy atom. The summed E-state index contributed by atoms with van der Waals surface area (Å²) in [6.07, 6.45) is 0. The van der Waals surface area contributed by atoms with Gasteiger partial charge in [-0.1, -0.05) is 23.8 Å². The normalized spacial score (nSPS) is 10.4. The first-order valence-corrected chi connectivity index (χ1v) is 8.19. The number of nitro benzene ring substituents is 1. The van der Waals surface area contributed by atoms with Crippen LogP contribution in [0.25, 0.3) is 0 Å². The van der Waals surface area contributed by atoms with Crippen molar-refractivity contribution in [3.8, 4) is 0 Å². The van der Waals surface area contributed by atoms with Crippen molar-refractivity contribution in [2.24, 2.45) is 0 Å². The van der Waals surface area contributed by atoms with E-state index in [1.54, 1.807) is 13.0 Å². The molecule has 2 rings (SSSR count). The fourth-order valence-corrected chi connectivity index (χ4v) is 2.75. The SMILES string of the molecule is CCN(CC(=O)Nc1cc([N+](=O)[O-])ccc1C)c1ccc(C)cc1C. The van der Waals surface area contributed by atoms with E-state index in [1.807, 2.05) is 37.8 Å². The van der Waals surface area contributed by atoms with Crippen molar-refractivity contribution in [3.05, 3.63) is 63.2 Å². The fourth-order valence-electron chi connectivity index (χ4n) is 2.75. The maximum atomic E-state index is 12.4. The Hall–Kier alpha value is -2.89. The monoisotopic (exact) mass is 341 g/mol. The minimum Gasteiger partial charge on any atom is -0.362 e. The predicted molar refractivity (Wildman–Crippen MR) is 100 cm³/mol. The van der Waals surface area contributed by atoms with Gasteiger partial charge in [0, 0.05) is 24.4 Å². The van der Waals surface area contributed by atoms with Crippen molar-refractivity contribution >= 4 is 23.0 Å². The molecular weight excluding hydrogens is 318 g/mol. The van der Waals surface area contributed by atoms with Crippen LogP contribution in [0.5, 0.6) is 0 Å². The van der Waals surface area contributed by atoms with Gasteiger partial charge in [0.05, 0.1) is 17.2 Å². The van der Waals surface area contributed by atoms with Crippen LogP contribution in [0, 0.1) is 30.9 Å². The van der Waals surface area contributed by atoms with Crippen LogP contribution in [0.15, 0.2) is 36.4 Å². The largest absolute Gasteiger partial charge is 0.362 e. The van der Waals surface area contributed by atoms with E-state index in [0.717, 1.165) is 16.8 Å². The smallest absolute Gasteiger partial charge is 0.271 e. The van der Waals surface area contributed by atoms with E-state index in [9.17, 15) is 14.9 Å². The van der Waals surface area contributed by atoms with Crippen molar-refractivity contribution in [2.75, 3.05) is 23.3 Å². The van der Waals surface area contributed by atoms with Gasteiger partial charge in [-0.25, -0.2) is 0 Å². The van der Waals surface area contributed by atoms with Crippen molar-refractivity contribution < 1.29 is 9.72 Å². The van der Waals surface area contributed by atoms with Gasteiger partial charge in [0.25, 0.3) is 5.69 Å². The number of aryl methyl sites for hydroxylation is 3. The average molecular weight is 341 g/mol. The predicted octanol–water partition coefficient (Wildman–Crippen LogP) is 3.99. The Kier molecular flexibility index (Phi) is 5.75. The Balaban J connectivity index is 2.15. The Bertz CT molecular complexity index is 802. The molecule has 0 aliphatic heterocycles. The van der Waals surface area contributed by atoms with Crippen LogP contribution in [0.2, 0.25) is 0 Å². The highest BCUT2D eigenvalue weighted by molar-refractivity contribution is 5.95. The first kappa shape index (κ1) is 18.4. The maximum Gasteiger partial charge on any atom is 0.271 e. The summed E-state index contributed by atoms with van der Waals surface area (Å²) in [5, 5.41) is 13.7. The lowest BCUT2D eigenvalue weighted by atomic mass is 10.1. The standard InChI is InChI=1S/C19H23N3O3/c1-5-21(18-9-6-13(2)10-15(18)4)12-19(23)20-17-11-16(22(24)25)8-7-14(17)3/h6-11H,5,12H2,1-4H3,(H,20,23). The average Bonchev–Trinajstić information content (AvgIpc) is 2.55. The highest BCUT2D eigenvalue weighted by Gasteiger charge is 2.15. The summed E-state index contributed by atoms with van der Waals surface area (Å²) in [5.74, 6) is -0.203. The number of carbonyl (C=O) groups excluding carboxylic acids is 1. The van der Waals surface area contributed by atoms with Crippen molar-refractivity contribution in [3.63, 3.8) is 0 Å². The van der Waals surface area contributed by atoms with Crippen LogP contribution in [0.3, 0.4) is 0 Å². The second-order valence-corrected chi connectivity index (χ2v) is 6.11. The minimum absolute atomic E-state index is 0.0392. The third-order valence-electron chi connectivity index (χ3n) is 4.12. The molecule has 2 aromatic carbocycles.